The van der Waals surface area contributed by atoms with Gasteiger partial charge in [0.2, 0.25) is 0 Å². The van der Waals surface area contributed by atoms with E-state index >= 15 is 0 Å². The molecule has 0 radical (unpaired) electrons. The van der Waals surface area contributed by atoms with Crippen molar-refractivity contribution in [2.75, 3.05) is 17.3 Å². The Morgan fingerprint density at radius 3 is 2.88 bits per heavy atom. The summed E-state index contributed by atoms with van der Waals surface area (Å²) in [5, 5.41) is 0. The van der Waals surface area contributed by atoms with Crippen molar-refractivity contribution in [1.29, 1.82) is 0 Å². The van der Waals surface area contributed by atoms with Gasteiger partial charge >= 0.3 is 0 Å². The third-order valence-corrected chi connectivity index (χ3v) is 4.95. The maximum absolute atomic E-state index is 1.61. The second kappa shape index (κ2) is 1.94. The largest absolute Gasteiger partial charge is 0.111 e. The van der Waals surface area contributed by atoms with Crippen molar-refractivity contribution in [2.24, 2.45) is 5.92 Å². The quantitative estimate of drug-likeness (QED) is 0.434. The van der Waals surface area contributed by atoms with Crippen molar-refractivity contribution in [1.82, 2.24) is 0 Å². The van der Waals surface area contributed by atoms with E-state index in [1.54, 1.807) is 36.5 Å². The van der Waals surface area contributed by atoms with Crippen LogP contribution in [0.1, 0.15) is 19.3 Å². The van der Waals surface area contributed by atoms with Gasteiger partial charge in [0.25, 0.3) is 0 Å². The molecular formula is C7H13S+. The van der Waals surface area contributed by atoms with Crippen LogP contribution in [0.2, 0.25) is 0 Å². The Kier molecular flexibility index (Phi) is 1.25. The molecular weight excluding hydrogens is 116 g/mol. The van der Waals surface area contributed by atoms with E-state index < -0.39 is 0 Å². The minimum absolute atomic E-state index is 0.922. The molecule has 0 aromatic heterocycles. The molecule has 2 saturated heterocycles. The summed E-state index contributed by atoms with van der Waals surface area (Å²) in [5.74, 6) is 5.95. The Labute approximate surface area is 54.0 Å². The normalized spacial score (nSPS) is 45.0. The molecule has 0 spiro atoms. The summed E-state index contributed by atoms with van der Waals surface area (Å²) < 4.78 is 0. The highest BCUT2D eigenvalue weighted by atomic mass is 32.2. The van der Waals surface area contributed by atoms with E-state index in [0.29, 0.717) is 0 Å². The smallest absolute Gasteiger partial charge is 0.0413 e. The van der Waals surface area contributed by atoms with E-state index in [4.69, 9.17) is 0 Å². The van der Waals surface area contributed by atoms with E-state index in [-0.39, 0.29) is 0 Å². The molecule has 1 heteroatoms. The van der Waals surface area contributed by atoms with E-state index in [9.17, 15) is 0 Å². The summed E-state index contributed by atoms with van der Waals surface area (Å²) in [6, 6.07) is 0. The summed E-state index contributed by atoms with van der Waals surface area (Å²) >= 11 is 0. The van der Waals surface area contributed by atoms with Gasteiger partial charge in [0.1, 0.15) is 17.3 Å². The van der Waals surface area contributed by atoms with Crippen molar-refractivity contribution in [3.63, 3.8) is 0 Å². The van der Waals surface area contributed by atoms with Crippen molar-refractivity contribution >= 4 is 10.9 Å². The molecule has 8 heavy (non-hydrogen) atoms. The Morgan fingerprint density at radius 2 is 2.12 bits per heavy atom. The minimum atomic E-state index is 0.922. The summed E-state index contributed by atoms with van der Waals surface area (Å²) in [7, 11) is 0.922. The van der Waals surface area contributed by atoms with Crippen molar-refractivity contribution < 1.29 is 0 Å². The number of fused-ring (bicyclic) bond motifs is 2. The molecule has 2 bridgehead atoms. The van der Waals surface area contributed by atoms with Crippen LogP contribution in [0.3, 0.4) is 0 Å². The molecule has 2 heterocycles. The highest BCUT2D eigenvalue weighted by Gasteiger charge is 2.35. The Morgan fingerprint density at radius 1 is 1.12 bits per heavy atom. The molecule has 2 aliphatic heterocycles. The van der Waals surface area contributed by atoms with Crippen LogP contribution in [-0.2, 0) is 10.9 Å². The van der Waals surface area contributed by atoms with Crippen molar-refractivity contribution in [3.05, 3.63) is 0 Å². The third-order valence-electron chi connectivity index (χ3n) is 2.33. The lowest BCUT2D eigenvalue weighted by atomic mass is 10.0. The van der Waals surface area contributed by atoms with Crippen LogP contribution >= 0.6 is 0 Å². The van der Waals surface area contributed by atoms with Crippen molar-refractivity contribution in [3.8, 4) is 0 Å². The molecule has 0 nitrogen and oxygen atoms in total. The predicted molar refractivity (Wildman–Crippen MR) is 39.3 cm³/mol. The lowest BCUT2D eigenvalue weighted by molar-refractivity contribution is 0.534. The molecule has 0 aliphatic carbocycles. The second-order valence-electron chi connectivity index (χ2n) is 2.98. The second-order valence-corrected chi connectivity index (χ2v) is 5.36. The molecule has 0 aromatic carbocycles. The van der Waals surface area contributed by atoms with Gasteiger partial charge in [0, 0.05) is 5.92 Å². The van der Waals surface area contributed by atoms with Crippen LogP contribution in [0.4, 0.5) is 0 Å². The first kappa shape index (κ1) is 5.16. The van der Waals surface area contributed by atoms with Gasteiger partial charge in [-0.1, -0.05) is 0 Å². The molecule has 0 aromatic rings. The molecule has 2 fully saturated rings. The summed E-state index contributed by atoms with van der Waals surface area (Å²) in [6.45, 7) is 0. The van der Waals surface area contributed by atoms with Gasteiger partial charge in [0.15, 0.2) is 0 Å². The summed E-state index contributed by atoms with van der Waals surface area (Å²) in [5.41, 5.74) is 0. The average Bonchev–Trinajstić information content (AvgIpc) is 2.12. The highest BCUT2D eigenvalue weighted by molar-refractivity contribution is 7.97. The van der Waals surface area contributed by atoms with E-state index in [1.807, 2.05) is 0 Å². The number of rotatable bonds is 0. The maximum Gasteiger partial charge on any atom is 0.111 e. The van der Waals surface area contributed by atoms with Crippen LogP contribution in [0.5, 0.6) is 0 Å². The topological polar surface area (TPSA) is 0 Å². The highest BCUT2D eigenvalue weighted by Crippen LogP contribution is 2.30. The van der Waals surface area contributed by atoms with E-state index in [0.717, 1.165) is 10.9 Å². The first-order valence-electron chi connectivity index (χ1n) is 3.59. The first-order valence-corrected chi connectivity index (χ1v) is 5.32. The molecule has 0 saturated carbocycles. The molecule has 46 valence electrons. The lowest BCUT2D eigenvalue weighted by Crippen LogP contribution is -2.16. The number of hydrogen-bond acceptors (Lipinski definition) is 0. The summed E-state index contributed by atoms with van der Waals surface area (Å²) in [6.07, 6.45) is 4.68. The molecule has 2 atom stereocenters. The van der Waals surface area contributed by atoms with Crippen LogP contribution in [0.25, 0.3) is 0 Å². The molecule has 0 N–H and O–H groups in total. The summed E-state index contributed by atoms with van der Waals surface area (Å²) in [4.78, 5) is 0. The van der Waals surface area contributed by atoms with Gasteiger partial charge in [-0.2, -0.15) is 0 Å². The molecule has 2 aliphatic rings. The van der Waals surface area contributed by atoms with Gasteiger partial charge in [0.05, 0.1) is 0 Å². The predicted octanol–water partition coefficient (Wildman–Crippen LogP) is 1.42. The monoisotopic (exact) mass is 129 g/mol. The Hall–Kier alpha value is 0.350. The first-order chi connectivity index (χ1) is 3.95. The van der Waals surface area contributed by atoms with E-state index in [1.165, 1.54) is 5.92 Å². The SMILES string of the molecule is C1CC2CC[S+](C1)C2. The lowest BCUT2D eigenvalue weighted by Gasteiger charge is -2.09. The van der Waals surface area contributed by atoms with Gasteiger partial charge in [-0.3, -0.25) is 0 Å². The molecule has 0 amide bonds. The fourth-order valence-electron chi connectivity index (χ4n) is 1.82. The fourth-order valence-corrected chi connectivity index (χ4v) is 4.60. The number of hydrogen-bond donors (Lipinski definition) is 0. The van der Waals surface area contributed by atoms with Gasteiger partial charge in [-0.25, -0.2) is 0 Å². The van der Waals surface area contributed by atoms with Gasteiger partial charge < -0.3 is 0 Å². The minimum Gasteiger partial charge on any atom is -0.0413 e. The fraction of sp³-hybridized carbons (Fsp3) is 1.00. The van der Waals surface area contributed by atoms with Gasteiger partial charge in [-0.15, -0.1) is 0 Å². The van der Waals surface area contributed by atoms with Gasteiger partial charge in [-0.05, 0) is 30.2 Å². The standard InChI is InChI=1S/C7H13S/c1-2-7-3-5-8(4-1)6-7/h7H,1-6H2/q+1. The van der Waals surface area contributed by atoms with Crippen LogP contribution in [-0.4, -0.2) is 17.3 Å². The Balaban J connectivity index is 2.03. The zero-order valence-electron chi connectivity index (χ0n) is 5.23. The van der Waals surface area contributed by atoms with Crippen LogP contribution in [0.15, 0.2) is 0 Å². The van der Waals surface area contributed by atoms with Crippen LogP contribution in [0, 0.1) is 5.92 Å². The van der Waals surface area contributed by atoms with Crippen molar-refractivity contribution in [2.45, 2.75) is 19.3 Å². The zero-order chi connectivity index (χ0) is 5.40. The molecule has 2 unspecified atom stereocenters. The maximum atomic E-state index is 1.61. The van der Waals surface area contributed by atoms with Crippen LogP contribution < -0.4 is 0 Å². The average molecular weight is 129 g/mol. The van der Waals surface area contributed by atoms with E-state index in [2.05, 4.69) is 0 Å². The third kappa shape index (κ3) is 0.771. The Bertz CT molecular complexity index is 76.4. The molecule has 2 rings (SSSR count). The zero-order valence-corrected chi connectivity index (χ0v) is 6.04.